The number of rotatable bonds is 7. The molecule has 0 unspecified atom stereocenters. The number of piperidine rings is 2. The van der Waals surface area contributed by atoms with Crippen LogP contribution in [0.2, 0.25) is 0 Å². The van der Waals surface area contributed by atoms with Crippen molar-refractivity contribution in [1.29, 1.82) is 0 Å². The zero-order valence-electron chi connectivity index (χ0n) is 64.1. The van der Waals surface area contributed by atoms with Crippen LogP contribution in [-0.2, 0) is 44.7 Å². The molecule has 4 heterocycles. The van der Waals surface area contributed by atoms with E-state index in [1.54, 1.807) is 11.1 Å². The fourth-order valence-electron chi connectivity index (χ4n) is 24.5. The number of hydrogen-bond donors (Lipinski definition) is 3. The summed E-state index contributed by atoms with van der Waals surface area (Å²) in [5.74, 6) is 9.28. The van der Waals surface area contributed by atoms with Crippen molar-refractivity contribution in [3.63, 3.8) is 0 Å². The second-order valence-corrected chi connectivity index (χ2v) is 35.5. The second-order valence-electron chi connectivity index (χ2n) is 35.5. The van der Waals surface area contributed by atoms with Crippen LogP contribution in [0.3, 0.4) is 0 Å². The molecule has 4 aromatic rings. The minimum atomic E-state index is -0.420. The number of allylic oxidation sites excluding steroid dienone is 2. The molecule has 6 saturated carbocycles. The number of aliphatic hydroxyl groups excluding tert-OH is 2. The molecule has 8 aliphatic carbocycles. The molecule has 4 aromatic carbocycles. The van der Waals surface area contributed by atoms with E-state index in [2.05, 4.69) is 180 Å². The van der Waals surface area contributed by atoms with E-state index in [9.17, 15) is 15.0 Å². The van der Waals surface area contributed by atoms with Crippen LogP contribution in [0, 0.1) is 110 Å². The number of carbonyl (C=O) groups is 1. The van der Waals surface area contributed by atoms with Crippen molar-refractivity contribution >= 4 is 15.5 Å². The summed E-state index contributed by atoms with van der Waals surface area (Å²) in [6, 6.07) is 39.6. The molecule has 2 spiro atoms. The molecule has 10 fully saturated rings. The number of nitrogens with one attached hydrogen (secondary N) is 1. The average molecular weight is 1470 g/mol. The van der Waals surface area contributed by atoms with Crippen molar-refractivity contribution in [1.82, 2.24) is 15.1 Å². The van der Waals surface area contributed by atoms with E-state index >= 15 is 0 Å². The average Bonchev–Trinajstić information content (AvgIpc) is 1.55. The van der Waals surface area contributed by atoms with Gasteiger partial charge in [-0.15, -0.1) is 0 Å². The molecule has 10 heteroatoms. The molecule has 0 amide bonds. The molecule has 100 heavy (non-hydrogen) atoms. The van der Waals surface area contributed by atoms with Gasteiger partial charge in [0.15, 0.2) is 0 Å². The molecule has 4 saturated heterocycles. The maximum atomic E-state index is 12.3. The van der Waals surface area contributed by atoms with Crippen molar-refractivity contribution < 1.29 is 41.8 Å². The third kappa shape index (κ3) is 15.9. The number of fused-ring (bicyclic) bond motifs is 12. The molecule has 549 valence electrons. The van der Waals surface area contributed by atoms with Gasteiger partial charge in [-0.25, -0.2) is 0 Å². The van der Waals surface area contributed by atoms with E-state index in [0.29, 0.717) is 70.5 Å². The van der Waals surface area contributed by atoms with E-state index in [1.807, 2.05) is 72.8 Å². The van der Waals surface area contributed by atoms with E-state index in [-0.39, 0.29) is 30.8 Å². The van der Waals surface area contributed by atoms with Gasteiger partial charge in [0.2, 0.25) is 0 Å². The van der Waals surface area contributed by atoms with Gasteiger partial charge in [-0.05, 0) is 251 Å². The predicted molar refractivity (Wildman–Crippen MR) is 409 cm³/mol. The van der Waals surface area contributed by atoms with E-state index in [4.69, 9.17) is 9.47 Å². The number of likely N-dealkylation sites (N-methyl/N-ethyl adjacent to an activating group) is 1. The zero-order chi connectivity index (χ0) is 70.3. The summed E-state index contributed by atoms with van der Waals surface area (Å²) in [6.07, 6.45) is 24.2. The third-order valence-corrected chi connectivity index (χ3v) is 29.4. The number of nitrogens with zero attached hydrogens (tertiary/aromatic N) is 2. The van der Waals surface area contributed by atoms with Gasteiger partial charge in [0.1, 0.15) is 5.78 Å². The number of benzene rings is 4. The third-order valence-electron chi connectivity index (χ3n) is 29.4. The molecular weight excluding hydrogens is 1340 g/mol. The van der Waals surface area contributed by atoms with Gasteiger partial charge in [0.05, 0.1) is 35.6 Å². The van der Waals surface area contributed by atoms with Crippen molar-refractivity contribution in [2.24, 2.45) is 81.8 Å². The van der Waals surface area contributed by atoms with Gasteiger partial charge in [0, 0.05) is 69.0 Å². The Hall–Kier alpha value is -3.34. The molecule has 4 aliphatic heterocycles. The monoisotopic (exact) mass is 1470 g/mol. The summed E-state index contributed by atoms with van der Waals surface area (Å²) in [5.41, 5.74) is 15.7. The van der Waals surface area contributed by atoms with Gasteiger partial charge in [-0.1, -0.05) is 190 Å². The van der Waals surface area contributed by atoms with Crippen LogP contribution < -0.4 is 5.32 Å². The Kier molecular flexibility index (Phi) is 25.5. The molecule has 0 aromatic heterocycles. The standard InChI is InChI=1S/C35H51NO2.C35H49NO2.C10H15NO.C9H12.CH3.ClH.Ru/c2*1-22-16-32-33(36(20-22)21-25-8-6-5-7-9-25)24(3)35(38-32)15-13-28-29-11-10-26-17-27(37)12-14-34(26,4)31(29)18-30(28)23(2)19-35;1-8(11-2)10(12)9-6-4-3-5-7-9;1-7-4-8(2)6-9(3)5-7;;;/h5-9,22,24,26-29,31-33,37H,10-21H2,1-4H3;5-9,22,24,26,28-29,31-33H,10-21H2,1-4H3;3-8,10-12H,1-2H3;4-6H,1-3H3;1H3;1H;/q;;;;-1;;+3/p-1/t22-,24+,26+,27-,28-,29-,31-,32+,33-,34-,35-;22-,24+,26+,28-,29-,31-,32+,33-,34-,35-;8-,10-;;;;/m001..../s1. The summed E-state index contributed by atoms with van der Waals surface area (Å²) < 4.78 is 14.6. The van der Waals surface area contributed by atoms with Crippen LogP contribution in [0.5, 0.6) is 0 Å². The summed E-state index contributed by atoms with van der Waals surface area (Å²) in [5, 5.41) is 23.1. The van der Waals surface area contributed by atoms with Crippen LogP contribution >= 0.6 is 9.69 Å². The Morgan fingerprint density at radius 2 is 1.01 bits per heavy atom. The second kappa shape index (κ2) is 32.8. The zero-order valence-corrected chi connectivity index (χ0v) is 66.6. The van der Waals surface area contributed by atoms with Crippen LogP contribution in [0.15, 0.2) is 131 Å². The van der Waals surface area contributed by atoms with Crippen LogP contribution in [0.25, 0.3) is 0 Å². The Morgan fingerprint density at radius 1 is 0.580 bits per heavy atom. The van der Waals surface area contributed by atoms with Gasteiger partial charge >= 0.3 is 27.0 Å². The maximum absolute atomic E-state index is 12.3. The molecular formula is C90H130ClN3O5Ru+. The fourth-order valence-corrected chi connectivity index (χ4v) is 24.5. The summed E-state index contributed by atoms with van der Waals surface area (Å²) in [6.45, 7) is 32.9. The number of ketones is 1. The Balaban J connectivity index is 0.000000153. The Morgan fingerprint density at radius 3 is 1.46 bits per heavy atom. The Labute approximate surface area is 620 Å². The number of halogens is 1. The van der Waals surface area contributed by atoms with Crippen LogP contribution in [-0.4, -0.2) is 93.6 Å². The number of ether oxygens (including phenoxy) is 2. The number of hydrogen-bond acceptors (Lipinski definition) is 8. The molecule has 0 radical (unpaired) electrons. The van der Waals surface area contributed by atoms with Crippen LogP contribution in [0.4, 0.5) is 0 Å². The van der Waals surface area contributed by atoms with Gasteiger partial charge in [0.25, 0.3) is 0 Å². The fraction of sp³-hybridized carbons (Fsp3) is 0.667. The van der Waals surface area contributed by atoms with Crippen molar-refractivity contribution in [3.8, 4) is 0 Å². The summed E-state index contributed by atoms with van der Waals surface area (Å²) in [4.78, 5) is 17.9. The van der Waals surface area contributed by atoms with Gasteiger partial charge < -0.3 is 32.4 Å². The summed E-state index contributed by atoms with van der Waals surface area (Å²) >= 11 is 1.82. The SMILES string of the molecule is CC1=C2C[C@H]3[C@@H](CC[C@@H]4CC(=O)CC[C@@]43C)[C@@H]2CC[C@@]2(C1)O[C@@H]1C[C@H](C)CN(Cc3ccccc3)[C@H]1[C@H]2C.CC1=C2C[C@H]3[C@@H](CC[C@@H]4C[C@@H](O)CC[C@@]43C)[C@@H]2CC[C@@]2(C1)O[C@@H]1C[C@H](C)CN(Cc3ccccc3)[C@H]1[C@H]2C.CN[C@H](C)[C@@H](O)c1ccccc1.Cc1cc(C)cc(C)c1.[CH3-].[Cl][Ru+2]. The molecule has 3 N–H and O–H groups in total. The molecule has 12 aliphatic rings. The van der Waals surface area contributed by atoms with E-state index in [1.165, 1.54) is 124 Å². The van der Waals surface area contributed by atoms with Crippen molar-refractivity contribution in [3.05, 3.63) is 172 Å². The summed E-state index contributed by atoms with van der Waals surface area (Å²) in [7, 11) is 6.41. The quantitative estimate of drug-likeness (QED) is 0.0957. The van der Waals surface area contributed by atoms with Crippen LogP contribution in [0.1, 0.15) is 230 Å². The number of aliphatic hydroxyl groups is 2. The van der Waals surface area contributed by atoms with Crippen molar-refractivity contribution in [2.45, 2.75) is 278 Å². The number of aryl methyl sites for hydroxylation is 3. The van der Waals surface area contributed by atoms with Gasteiger partial charge in [-0.2, -0.15) is 0 Å². The number of likely N-dealkylation sites (tertiary alicyclic amines) is 2. The van der Waals surface area contributed by atoms with Crippen molar-refractivity contribution in [2.75, 3.05) is 20.1 Å². The molecule has 0 bridgehead atoms. The van der Waals surface area contributed by atoms with E-state index in [0.717, 1.165) is 105 Å². The Bertz CT molecular complexity index is 3370. The van der Waals surface area contributed by atoms with E-state index < -0.39 is 6.10 Å². The topological polar surface area (TPSA) is 94.5 Å². The molecule has 23 atom stereocenters. The number of Topliss-reactive ketones (excluding diaryl/α,β-unsaturated/α-hetero) is 1. The first-order valence-corrected chi connectivity index (χ1v) is 41.8. The number of carbonyl (C=O) groups excluding carboxylic acids is 1. The first-order valence-electron chi connectivity index (χ1n) is 39.6. The minimum absolute atomic E-state index is 0. The van der Waals surface area contributed by atoms with Gasteiger partial charge in [-0.3, -0.25) is 14.6 Å². The first kappa shape index (κ1) is 77.8. The molecule has 8 nitrogen and oxygen atoms in total. The first-order chi connectivity index (χ1) is 47.5. The normalized spacial score (nSPS) is 39.2. The predicted octanol–water partition coefficient (Wildman–Crippen LogP) is 20.1. The molecule has 16 rings (SSSR count).